The van der Waals surface area contributed by atoms with E-state index in [-0.39, 0.29) is 18.8 Å². The number of carbonyl (C=O) groups is 1. The Morgan fingerprint density at radius 2 is 1.86 bits per heavy atom. The normalized spacial score (nSPS) is 10.3. The molecule has 0 bridgehead atoms. The first-order valence-electron chi connectivity index (χ1n) is 6.76. The number of carbonyl (C=O) groups excluding carboxylic acids is 1. The summed E-state index contributed by atoms with van der Waals surface area (Å²) < 4.78 is 17.9. The highest BCUT2D eigenvalue weighted by Gasteiger charge is 2.11. The van der Waals surface area contributed by atoms with E-state index in [4.69, 9.17) is 14.2 Å². The molecule has 0 aliphatic heterocycles. The van der Waals surface area contributed by atoms with Crippen LogP contribution >= 0.6 is 0 Å². The van der Waals surface area contributed by atoms with Gasteiger partial charge in [0.15, 0.2) is 11.5 Å². The van der Waals surface area contributed by atoms with Gasteiger partial charge in [0.2, 0.25) is 0 Å². The number of methoxy groups -OCH3 is 2. The monoisotopic (exact) mass is 306 g/mol. The summed E-state index contributed by atoms with van der Waals surface area (Å²) in [5.74, 6) is 0.643. The molecule has 0 aliphatic carbocycles. The minimum atomic E-state index is -0.449. The number of ether oxygens (including phenoxy) is 3. The average molecular weight is 306 g/mol. The van der Waals surface area contributed by atoms with Crippen molar-refractivity contribution < 1.29 is 19.0 Å². The van der Waals surface area contributed by atoms with Gasteiger partial charge in [-0.15, -0.1) is 0 Å². The Morgan fingerprint density at radius 3 is 2.50 bits per heavy atom. The number of benzene rings is 1. The van der Waals surface area contributed by atoms with Gasteiger partial charge in [0.25, 0.3) is 0 Å². The molecular formula is C15H18N2O5. The average Bonchev–Trinajstić information content (AvgIpc) is 2.88. The largest absolute Gasteiger partial charge is 0.493 e. The zero-order valence-corrected chi connectivity index (χ0v) is 12.7. The van der Waals surface area contributed by atoms with E-state index < -0.39 is 5.97 Å². The zero-order valence-electron chi connectivity index (χ0n) is 12.7. The van der Waals surface area contributed by atoms with Crippen molar-refractivity contribution in [1.82, 2.24) is 9.13 Å². The molecule has 2 aromatic rings. The second kappa shape index (κ2) is 6.84. The highest BCUT2D eigenvalue weighted by Crippen LogP contribution is 2.28. The molecule has 0 unspecified atom stereocenters. The Bertz CT molecular complexity index is 717. The van der Waals surface area contributed by atoms with Crippen LogP contribution in [0.3, 0.4) is 0 Å². The first-order valence-corrected chi connectivity index (χ1v) is 6.76. The smallest absolute Gasteiger partial charge is 0.333 e. The summed E-state index contributed by atoms with van der Waals surface area (Å²) in [5.41, 5.74) is 0.283. The lowest BCUT2D eigenvalue weighted by Crippen LogP contribution is -2.26. The number of imidazole rings is 1. The van der Waals surface area contributed by atoms with Crippen molar-refractivity contribution in [2.24, 2.45) is 0 Å². The fourth-order valence-electron chi connectivity index (χ4n) is 2.05. The number of hydrogen-bond donors (Lipinski definition) is 0. The molecule has 0 N–H and O–H groups in total. The number of esters is 1. The van der Waals surface area contributed by atoms with Crippen LogP contribution in [0.1, 0.15) is 6.92 Å². The van der Waals surface area contributed by atoms with E-state index in [2.05, 4.69) is 0 Å². The molecule has 1 aromatic heterocycles. The Balaban J connectivity index is 2.32. The van der Waals surface area contributed by atoms with Gasteiger partial charge in [0.05, 0.1) is 26.5 Å². The summed E-state index contributed by atoms with van der Waals surface area (Å²) in [5, 5.41) is 0. The SMILES string of the molecule is CCOC(=O)Cn1ccn(-c2ccc(OC)c(OC)c2)c1=O. The molecule has 0 amide bonds. The van der Waals surface area contributed by atoms with Crippen LogP contribution in [0, 0.1) is 0 Å². The Labute approximate surface area is 127 Å². The number of rotatable bonds is 6. The molecule has 1 aromatic carbocycles. The predicted octanol–water partition coefficient (Wildman–Crippen LogP) is 1.22. The van der Waals surface area contributed by atoms with Gasteiger partial charge in [-0.1, -0.05) is 0 Å². The molecule has 0 radical (unpaired) electrons. The summed E-state index contributed by atoms with van der Waals surface area (Å²) in [6.45, 7) is 1.88. The summed E-state index contributed by atoms with van der Waals surface area (Å²) in [7, 11) is 3.07. The lowest BCUT2D eigenvalue weighted by Gasteiger charge is -2.09. The predicted molar refractivity (Wildman–Crippen MR) is 79.8 cm³/mol. The zero-order chi connectivity index (χ0) is 16.1. The van der Waals surface area contributed by atoms with Crippen LogP contribution in [-0.2, 0) is 16.1 Å². The van der Waals surface area contributed by atoms with Crippen LogP contribution in [0.15, 0.2) is 35.4 Å². The Morgan fingerprint density at radius 1 is 1.14 bits per heavy atom. The molecule has 118 valence electrons. The van der Waals surface area contributed by atoms with Gasteiger partial charge in [-0.25, -0.2) is 4.79 Å². The van der Waals surface area contributed by atoms with E-state index in [1.54, 1.807) is 38.4 Å². The van der Waals surface area contributed by atoms with E-state index >= 15 is 0 Å². The van der Waals surface area contributed by atoms with Gasteiger partial charge in [0, 0.05) is 18.5 Å². The molecular weight excluding hydrogens is 288 g/mol. The van der Waals surface area contributed by atoms with Crippen molar-refractivity contribution >= 4 is 5.97 Å². The van der Waals surface area contributed by atoms with Crippen LogP contribution in [0.25, 0.3) is 5.69 Å². The molecule has 0 atom stereocenters. The third kappa shape index (κ3) is 3.13. The van der Waals surface area contributed by atoms with Crippen molar-refractivity contribution in [2.45, 2.75) is 13.5 Å². The van der Waals surface area contributed by atoms with Crippen molar-refractivity contribution in [2.75, 3.05) is 20.8 Å². The summed E-state index contributed by atoms with van der Waals surface area (Å²) >= 11 is 0. The van der Waals surface area contributed by atoms with Crippen LogP contribution in [0.5, 0.6) is 11.5 Å². The van der Waals surface area contributed by atoms with E-state index in [9.17, 15) is 9.59 Å². The minimum absolute atomic E-state index is 0.118. The summed E-state index contributed by atoms with van der Waals surface area (Å²) in [4.78, 5) is 23.8. The fourth-order valence-corrected chi connectivity index (χ4v) is 2.05. The van der Waals surface area contributed by atoms with Crippen LogP contribution in [-0.4, -0.2) is 35.9 Å². The second-order valence-electron chi connectivity index (χ2n) is 4.42. The van der Waals surface area contributed by atoms with Gasteiger partial charge in [-0.05, 0) is 19.1 Å². The molecule has 0 fully saturated rings. The van der Waals surface area contributed by atoms with Crippen molar-refractivity contribution in [1.29, 1.82) is 0 Å². The first-order chi connectivity index (χ1) is 10.6. The van der Waals surface area contributed by atoms with Gasteiger partial charge in [-0.3, -0.25) is 13.9 Å². The number of aromatic nitrogens is 2. The van der Waals surface area contributed by atoms with Crippen molar-refractivity contribution in [3.8, 4) is 17.2 Å². The molecule has 22 heavy (non-hydrogen) atoms. The molecule has 0 saturated heterocycles. The van der Waals surface area contributed by atoms with Gasteiger partial charge in [-0.2, -0.15) is 0 Å². The maximum absolute atomic E-state index is 12.3. The fraction of sp³-hybridized carbons (Fsp3) is 0.333. The van der Waals surface area contributed by atoms with Crippen LogP contribution in [0.4, 0.5) is 0 Å². The first kappa shape index (κ1) is 15.7. The molecule has 7 heteroatoms. The number of nitrogens with zero attached hydrogens (tertiary/aromatic N) is 2. The Hall–Kier alpha value is -2.70. The molecule has 0 spiro atoms. The van der Waals surface area contributed by atoms with Crippen LogP contribution in [0.2, 0.25) is 0 Å². The maximum atomic E-state index is 12.3. The van der Waals surface area contributed by atoms with E-state index in [1.165, 1.54) is 22.4 Å². The van der Waals surface area contributed by atoms with E-state index in [0.717, 1.165) is 0 Å². The van der Waals surface area contributed by atoms with Crippen molar-refractivity contribution in [3.63, 3.8) is 0 Å². The minimum Gasteiger partial charge on any atom is -0.493 e. The standard InChI is InChI=1S/C15H18N2O5/c1-4-22-14(18)10-16-7-8-17(15(16)19)11-5-6-12(20-2)13(9-11)21-3/h5-9H,4,10H2,1-3H3. The maximum Gasteiger partial charge on any atom is 0.333 e. The topological polar surface area (TPSA) is 71.7 Å². The summed E-state index contributed by atoms with van der Waals surface area (Å²) in [6, 6.07) is 5.13. The molecule has 1 heterocycles. The summed E-state index contributed by atoms with van der Waals surface area (Å²) in [6.07, 6.45) is 3.12. The molecule has 2 rings (SSSR count). The quantitative estimate of drug-likeness (QED) is 0.750. The number of hydrogen-bond acceptors (Lipinski definition) is 5. The van der Waals surface area contributed by atoms with Gasteiger partial charge >= 0.3 is 11.7 Å². The highest BCUT2D eigenvalue weighted by molar-refractivity contribution is 5.69. The van der Waals surface area contributed by atoms with E-state index in [1.807, 2.05) is 0 Å². The molecule has 7 nitrogen and oxygen atoms in total. The third-order valence-corrected chi connectivity index (χ3v) is 3.10. The molecule has 0 saturated carbocycles. The van der Waals surface area contributed by atoms with E-state index in [0.29, 0.717) is 17.2 Å². The van der Waals surface area contributed by atoms with Gasteiger partial charge in [0.1, 0.15) is 6.54 Å². The van der Waals surface area contributed by atoms with Gasteiger partial charge < -0.3 is 14.2 Å². The Kier molecular flexibility index (Phi) is 4.88. The highest BCUT2D eigenvalue weighted by atomic mass is 16.5. The second-order valence-corrected chi connectivity index (χ2v) is 4.42. The van der Waals surface area contributed by atoms with Crippen LogP contribution < -0.4 is 15.2 Å². The lowest BCUT2D eigenvalue weighted by molar-refractivity contribution is -0.143. The van der Waals surface area contributed by atoms with Crippen molar-refractivity contribution in [3.05, 3.63) is 41.1 Å². The molecule has 0 aliphatic rings. The third-order valence-electron chi connectivity index (χ3n) is 3.10. The lowest BCUT2D eigenvalue weighted by atomic mass is 10.2.